The molecule has 4 rings (SSSR count). The van der Waals surface area contributed by atoms with Crippen molar-refractivity contribution in [1.82, 2.24) is 29.6 Å². The first kappa shape index (κ1) is 14.9. The van der Waals surface area contributed by atoms with Crippen molar-refractivity contribution in [2.45, 2.75) is 32.4 Å². The minimum Gasteiger partial charge on any atom is -0.383 e. The Morgan fingerprint density at radius 1 is 1.42 bits per heavy atom. The minimum atomic E-state index is 0.404. The maximum Gasteiger partial charge on any atom is 0.231 e. The van der Waals surface area contributed by atoms with Crippen molar-refractivity contribution in [1.29, 1.82) is 0 Å². The van der Waals surface area contributed by atoms with Crippen molar-refractivity contribution in [3.8, 4) is 0 Å². The van der Waals surface area contributed by atoms with Gasteiger partial charge >= 0.3 is 0 Å². The van der Waals surface area contributed by atoms with E-state index in [0.29, 0.717) is 17.8 Å². The number of aromatic nitrogens is 5. The van der Waals surface area contributed by atoms with E-state index in [1.165, 1.54) is 6.42 Å². The number of nitrogens with two attached hydrogens (primary N) is 1. The van der Waals surface area contributed by atoms with Crippen LogP contribution < -0.4 is 16.4 Å². The Labute approximate surface area is 140 Å². The highest BCUT2D eigenvalue weighted by Gasteiger charge is 2.19. The Morgan fingerprint density at radius 2 is 2.33 bits per heavy atom. The number of hydrogen-bond acceptors (Lipinski definition) is 6. The van der Waals surface area contributed by atoms with Crippen LogP contribution >= 0.6 is 0 Å². The summed E-state index contributed by atoms with van der Waals surface area (Å²) < 4.78 is 4.06. The molecule has 1 aliphatic heterocycles. The molecule has 0 bridgehead atoms. The number of nitrogens with one attached hydrogen (secondary N) is 2. The average molecular weight is 326 g/mol. The van der Waals surface area contributed by atoms with Gasteiger partial charge in [0, 0.05) is 31.5 Å². The van der Waals surface area contributed by atoms with Crippen molar-refractivity contribution in [3.05, 3.63) is 24.7 Å². The van der Waals surface area contributed by atoms with Crippen LogP contribution in [0.5, 0.6) is 0 Å². The van der Waals surface area contributed by atoms with Gasteiger partial charge in [-0.2, -0.15) is 15.1 Å². The van der Waals surface area contributed by atoms with E-state index in [1.807, 2.05) is 23.9 Å². The lowest BCUT2D eigenvalue weighted by atomic mass is 10.1. The smallest absolute Gasteiger partial charge is 0.231 e. The fourth-order valence-corrected chi connectivity index (χ4v) is 3.21. The van der Waals surface area contributed by atoms with Crippen LogP contribution in [0.2, 0.25) is 0 Å². The van der Waals surface area contributed by atoms with Crippen LogP contribution in [0.3, 0.4) is 0 Å². The number of nitrogen functional groups attached to an aromatic ring is 1. The zero-order valence-electron chi connectivity index (χ0n) is 13.7. The van der Waals surface area contributed by atoms with Gasteiger partial charge in [0.1, 0.15) is 11.5 Å². The predicted octanol–water partition coefficient (Wildman–Crippen LogP) is 1.90. The van der Waals surface area contributed by atoms with Crippen LogP contribution in [0.1, 0.15) is 25.8 Å². The van der Waals surface area contributed by atoms with Crippen LogP contribution in [-0.2, 0) is 6.54 Å². The minimum absolute atomic E-state index is 0.404. The van der Waals surface area contributed by atoms with E-state index < -0.39 is 0 Å². The largest absolute Gasteiger partial charge is 0.383 e. The Bertz CT molecular complexity index is 843. The molecule has 8 nitrogen and oxygen atoms in total. The fraction of sp³-hybridized carbons (Fsp3) is 0.438. The van der Waals surface area contributed by atoms with E-state index in [2.05, 4.69) is 31.5 Å². The maximum atomic E-state index is 6.14. The van der Waals surface area contributed by atoms with E-state index in [-0.39, 0.29) is 0 Å². The normalized spacial score (nSPS) is 18.1. The molecule has 4 N–H and O–H groups in total. The quantitative estimate of drug-likeness (QED) is 0.677. The summed E-state index contributed by atoms with van der Waals surface area (Å²) in [4.78, 5) is 9.08. The third-order valence-corrected chi connectivity index (χ3v) is 4.48. The summed E-state index contributed by atoms with van der Waals surface area (Å²) in [6, 6.07) is 2.40. The second-order valence-electron chi connectivity index (χ2n) is 6.10. The lowest BCUT2D eigenvalue weighted by Crippen LogP contribution is -2.31. The van der Waals surface area contributed by atoms with Crippen molar-refractivity contribution in [2.75, 3.05) is 24.1 Å². The van der Waals surface area contributed by atoms with Crippen LogP contribution in [0.25, 0.3) is 11.0 Å². The topological polar surface area (TPSA) is 98.6 Å². The molecule has 0 amide bonds. The third-order valence-electron chi connectivity index (χ3n) is 4.48. The standard InChI is InChI=1S/C16H22N8/c1-2-23-10-11(8-19-23)20-16-21-14(17)13-5-7-24(15(13)22-16)12-4-3-6-18-9-12/h5,7-8,10,12,18H,2-4,6,9H2,1H3,(H3,17,20,21,22). The Hall–Kier alpha value is -2.61. The molecule has 1 saturated heterocycles. The van der Waals surface area contributed by atoms with Crippen LogP contribution in [0.4, 0.5) is 17.5 Å². The number of nitrogens with zero attached hydrogens (tertiary/aromatic N) is 5. The van der Waals surface area contributed by atoms with Gasteiger partial charge in [-0.15, -0.1) is 0 Å². The summed E-state index contributed by atoms with van der Waals surface area (Å²) >= 11 is 0. The molecule has 3 aromatic heterocycles. The molecule has 4 heterocycles. The van der Waals surface area contributed by atoms with Crippen LogP contribution in [0.15, 0.2) is 24.7 Å². The molecule has 3 aromatic rings. The molecule has 8 heteroatoms. The summed E-state index contributed by atoms with van der Waals surface area (Å²) in [6.45, 7) is 4.91. The SMILES string of the molecule is CCn1cc(Nc2nc(N)c3ccn(C4CCCNC4)c3n2)cn1. The fourth-order valence-electron chi connectivity index (χ4n) is 3.21. The molecular formula is C16H22N8. The monoisotopic (exact) mass is 326 g/mol. The second-order valence-corrected chi connectivity index (χ2v) is 6.10. The summed E-state index contributed by atoms with van der Waals surface area (Å²) in [5.74, 6) is 0.993. The molecule has 1 fully saturated rings. The van der Waals surface area contributed by atoms with E-state index in [1.54, 1.807) is 6.20 Å². The Kier molecular flexibility index (Phi) is 3.81. The summed E-state index contributed by atoms with van der Waals surface area (Å²) in [7, 11) is 0. The first-order valence-electron chi connectivity index (χ1n) is 8.39. The molecule has 0 aliphatic carbocycles. The molecule has 0 radical (unpaired) electrons. The molecule has 0 aromatic carbocycles. The van der Waals surface area contributed by atoms with Gasteiger partial charge in [-0.25, -0.2) is 0 Å². The van der Waals surface area contributed by atoms with E-state index in [4.69, 9.17) is 10.7 Å². The van der Waals surface area contributed by atoms with Crippen molar-refractivity contribution in [3.63, 3.8) is 0 Å². The van der Waals surface area contributed by atoms with E-state index in [0.717, 1.165) is 42.8 Å². The molecule has 1 atom stereocenters. The van der Waals surface area contributed by atoms with Gasteiger partial charge in [0.2, 0.25) is 5.95 Å². The number of hydrogen-bond donors (Lipinski definition) is 3. The van der Waals surface area contributed by atoms with Crippen molar-refractivity contribution >= 4 is 28.5 Å². The molecule has 1 aliphatic rings. The van der Waals surface area contributed by atoms with Gasteiger partial charge in [-0.05, 0) is 32.4 Å². The molecule has 0 saturated carbocycles. The van der Waals surface area contributed by atoms with Gasteiger partial charge < -0.3 is 20.9 Å². The van der Waals surface area contributed by atoms with Crippen LogP contribution in [0, 0.1) is 0 Å². The lowest BCUT2D eigenvalue weighted by molar-refractivity contribution is 0.378. The average Bonchev–Trinajstić information content (AvgIpc) is 3.22. The number of fused-ring (bicyclic) bond motifs is 1. The maximum absolute atomic E-state index is 6.14. The second kappa shape index (κ2) is 6.12. The van der Waals surface area contributed by atoms with Gasteiger partial charge in [-0.3, -0.25) is 4.68 Å². The number of rotatable bonds is 4. The highest BCUT2D eigenvalue weighted by molar-refractivity contribution is 5.87. The molecule has 1 unspecified atom stereocenters. The van der Waals surface area contributed by atoms with E-state index in [9.17, 15) is 0 Å². The summed E-state index contributed by atoms with van der Waals surface area (Å²) in [6.07, 6.45) is 8.07. The van der Waals surface area contributed by atoms with Gasteiger partial charge in [0.05, 0.1) is 17.3 Å². The summed E-state index contributed by atoms with van der Waals surface area (Å²) in [5.41, 5.74) is 7.88. The Morgan fingerprint density at radius 3 is 3.08 bits per heavy atom. The zero-order chi connectivity index (χ0) is 16.5. The van der Waals surface area contributed by atoms with Gasteiger partial charge in [-0.1, -0.05) is 0 Å². The zero-order valence-corrected chi connectivity index (χ0v) is 13.7. The van der Waals surface area contributed by atoms with E-state index >= 15 is 0 Å². The number of aryl methyl sites for hydroxylation is 1. The highest BCUT2D eigenvalue weighted by atomic mass is 15.3. The predicted molar refractivity (Wildman–Crippen MR) is 94.3 cm³/mol. The summed E-state index contributed by atoms with van der Waals surface area (Å²) in [5, 5.41) is 11.8. The van der Waals surface area contributed by atoms with Gasteiger partial charge in [0.25, 0.3) is 0 Å². The van der Waals surface area contributed by atoms with Gasteiger partial charge in [0.15, 0.2) is 0 Å². The molecular weight excluding hydrogens is 304 g/mol. The first-order chi connectivity index (χ1) is 11.7. The number of piperidine rings is 1. The van der Waals surface area contributed by atoms with Crippen LogP contribution in [-0.4, -0.2) is 37.4 Å². The van der Waals surface area contributed by atoms with Crippen molar-refractivity contribution < 1.29 is 0 Å². The molecule has 24 heavy (non-hydrogen) atoms. The molecule has 126 valence electrons. The third kappa shape index (κ3) is 2.69. The first-order valence-corrected chi connectivity index (χ1v) is 8.39. The van der Waals surface area contributed by atoms with Crippen molar-refractivity contribution in [2.24, 2.45) is 0 Å². The Balaban J connectivity index is 1.69. The molecule has 0 spiro atoms. The lowest BCUT2D eigenvalue weighted by Gasteiger charge is -2.24. The number of anilines is 3. The highest BCUT2D eigenvalue weighted by Crippen LogP contribution is 2.27.